The molecular formula is C21H24F2N2O3. The molecule has 3 saturated carbocycles. The number of carbonyl (C=O) groups excluding carboxylic acids is 2. The zero-order valence-corrected chi connectivity index (χ0v) is 15.8. The minimum atomic E-state index is -1.20. The van der Waals surface area contributed by atoms with Gasteiger partial charge in [0.15, 0.2) is 0 Å². The number of halogens is 2. The van der Waals surface area contributed by atoms with Gasteiger partial charge in [-0.15, -0.1) is 0 Å². The first kappa shape index (κ1) is 18.0. The third-order valence-corrected chi connectivity index (χ3v) is 6.73. The molecule has 2 atom stereocenters. The van der Waals surface area contributed by atoms with Crippen molar-refractivity contribution in [2.75, 3.05) is 13.1 Å². The van der Waals surface area contributed by atoms with Crippen LogP contribution < -0.4 is 5.32 Å². The molecule has 2 N–H and O–H groups in total. The van der Waals surface area contributed by atoms with Crippen molar-refractivity contribution < 1.29 is 23.5 Å². The number of alkyl halides is 1. The molecule has 4 aliphatic rings. The first-order chi connectivity index (χ1) is 13.2. The molecule has 7 heteroatoms. The highest BCUT2D eigenvalue weighted by Gasteiger charge is 2.62. The fourth-order valence-electron chi connectivity index (χ4n) is 4.99. The lowest BCUT2D eigenvalue weighted by molar-refractivity contribution is -0.125. The summed E-state index contributed by atoms with van der Waals surface area (Å²) < 4.78 is 29.6. The Morgan fingerprint density at radius 3 is 2.57 bits per heavy atom. The van der Waals surface area contributed by atoms with Crippen LogP contribution in [0.5, 0.6) is 0 Å². The van der Waals surface area contributed by atoms with Crippen molar-refractivity contribution in [3.8, 4) is 0 Å². The molecule has 5 nitrogen and oxygen atoms in total. The topological polar surface area (TPSA) is 69.6 Å². The van der Waals surface area contributed by atoms with Gasteiger partial charge in [0, 0.05) is 23.7 Å². The van der Waals surface area contributed by atoms with Crippen molar-refractivity contribution in [1.82, 2.24) is 10.2 Å². The largest absolute Gasteiger partial charge is 0.390 e. The Morgan fingerprint density at radius 1 is 1.32 bits per heavy atom. The highest BCUT2D eigenvalue weighted by molar-refractivity contribution is 6.00. The summed E-state index contributed by atoms with van der Waals surface area (Å²) >= 11 is 0. The van der Waals surface area contributed by atoms with Gasteiger partial charge in [-0.2, -0.15) is 0 Å². The van der Waals surface area contributed by atoms with E-state index >= 15 is 4.39 Å². The van der Waals surface area contributed by atoms with Gasteiger partial charge in [0.1, 0.15) is 12.0 Å². The lowest BCUT2D eigenvalue weighted by Crippen LogP contribution is -2.56. The van der Waals surface area contributed by atoms with Gasteiger partial charge in [0.2, 0.25) is 5.91 Å². The molecule has 0 radical (unpaired) electrons. The summed E-state index contributed by atoms with van der Waals surface area (Å²) in [4.78, 5) is 26.6. The SMILES string of the molecule is C[C@]1(O)C[C@@H](NC(=O)CN2CC3(C[C@H]3F)c3c(ccc(C4CC4)c3F)C2=O)C1. The zero-order chi connectivity index (χ0) is 19.8. The lowest BCUT2D eigenvalue weighted by Gasteiger charge is -2.41. The minimum Gasteiger partial charge on any atom is -0.390 e. The van der Waals surface area contributed by atoms with Gasteiger partial charge in [0.25, 0.3) is 5.91 Å². The average molecular weight is 390 g/mol. The Hall–Kier alpha value is -2.02. The maximum atomic E-state index is 15.2. The molecule has 5 rings (SSSR count). The number of hydrogen-bond acceptors (Lipinski definition) is 3. The first-order valence-corrected chi connectivity index (χ1v) is 9.98. The Labute approximate surface area is 162 Å². The zero-order valence-electron chi connectivity index (χ0n) is 15.8. The molecule has 3 aliphatic carbocycles. The number of fused-ring (bicyclic) bond motifs is 2. The van der Waals surface area contributed by atoms with Crippen molar-refractivity contribution in [2.24, 2.45) is 0 Å². The second-order valence-electron chi connectivity index (χ2n) is 9.32. The number of benzene rings is 1. The van der Waals surface area contributed by atoms with Crippen LogP contribution in [-0.2, 0) is 10.2 Å². The average Bonchev–Trinajstić information content (AvgIpc) is 3.49. The molecular weight excluding hydrogens is 366 g/mol. The van der Waals surface area contributed by atoms with Gasteiger partial charge in [-0.3, -0.25) is 9.59 Å². The number of nitrogens with zero attached hydrogens (tertiary/aromatic N) is 1. The van der Waals surface area contributed by atoms with E-state index in [2.05, 4.69) is 5.32 Å². The summed E-state index contributed by atoms with van der Waals surface area (Å²) in [5.41, 5.74) is -0.769. The molecule has 1 aliphatic heterocycles. The smallest absolute Gasteiger partial charge is 0.254 e. The van der Waals surface area contributed by atoms with Gasteiger partial charge in [-0.25, -0.2) is 8.78 Å². The predicted molar refractivity (Wildman–Crippen MR) is 97.3 cm³/mol. The number of nitrogens with one attached hydrogen (secondary N) is 1. The van der Waals surface area contributed by atoms with Crippen LogP contribution >= 0.6 is 0 Å². The molecule has 0 aromatic heterocycles. The van der Waals surface area contributed by atoms with Crippen LogP contribution in [0.2, 0.25) is 0 Å². The predicted octanol–water partition coefficient (Wildman–Crippen LogP) is 2.17. The summed E-state index contributed by atoms with van der Waals surface area (Å²) in [5, 5.41) is 12.6. The number of hydrogen-bond donors (Lipinski definition) is 2. The molecule has 0 bridgehead atoms. The Kier molecular flexibility index (Phi) is 3.70. The number of aliphatic hydroxyl groups is 1. The van der Waals surface area contributed by atoms with Crippen molar-refractivity contribution in [2.45, 2.75) is 68.2 Å². The number of rotatable bonds is 4. The van der Waals surface area contributed by atoms with Gasteiger partial charge in [0.05, 0.1) is 17.6 Å². The summed E-state index contributed by atoms with van der Waals surface area (Å²) in [7, 11) is 0. The Morgan fingerprint density at radius 2 is 2.00 bits per heavy atom. The van der Waals surface area contributed by atoms with Crippen molar-refractivity contribution in [3.63, 3.8) is 0 Å². The summed E-state index contributed by atoms with van der Waals surface area (Å²) in [5.74, 6) is -0.998. The fraction of sp³-hybridized carbons (Fsp3) is 0.619. The summed E-state index contributed by atoms with van der Waals surface area (Å²) in [6.45, 7) is 1.56. The van der Waals surface area contributed by atoms with E-state index in [0.29, 0.717) is 18.4 Å². The number of carbonyl (C=O) groups is 2. The van der Waals surface area contributed by atoms with E-state index in [0.717, 1.165) is 12.8 Å². The van der Waals surface area contributed by atoms with Crippen LogP contribution in [0, 0.1) is 5.82 Å². The molecule has 2 amide bonds. The lowest BCUT2D eigenvalue weighted by atomic mass is 9.77. The Bertz CT molecular complexity index is 875. The van der Waals surface area contributed by atoms with E-state index in [-0.39, 0.29) is 48.5 Å². The van der Waals surface area contributed by atoms with Crippen molar-refractivity contribution in [1.29, 1.82) is 0 Å². The molecule has 1 aromatic carbocycles. The van der Waals surface area contributed by atoms with Crippen LogP contribution in [-0.4, -0.2) is 52.7 Å². The van der Waals surface area contributed by atoms with Gasteiger partial charge in [-0.05, 0) is 56.6 Å². The van der Waals surface area contributed by atoms with Gasteiger partial charge in [-0.1, -0.05) is 6.07 Å². The maximum Gasteiger partial charge on any atom is 0.254 e. The number of amides is 2. The molecule has 1 unspecified atom stereocenters. The van der Waals surface area contributed by atoms with E-state index in [4.69, 9.17) is 0 Å². The standard InChI is InChI=1S/C21H24F2N2O3/c1-20(28)6-12(7-20)24-16(26)9-25-10-21(8-15(21)22)17-14(19(25)27)5-4-13(18(17)23)11-2-3-11/h4-5,11-12,15,28H,2-3,6-10H2,1H3,(H,24,26)/t12-,15-,20+,21?/m1/s1. The quantitative estimate of drug-likeness (QED) is 0.828. The van der Waals surface area contributed by atoms with Crippen molar-refractivity contribution >= 4 is 11.8 Å². The first-order valence-electron chi connectivity index (χ1n) is 9.98. The van der Waals surface area contributed by atoms with E-state index < -0.39 is 28.9 Å². The normalized spacial score (nSPS) is 36.1. The maximum absolute atomic E-state index is 15.2. The van der Waals surface area contributed by atoms with Crippen LogP contribution in [0.1, 0.15) is 66.4 Å². The van der Waals surface area contributed by atoms with E-state index in [1.54, 1.807) is 19.1 Å². The van der Waals surface area contributed by atoms with E-state index in [1.165, 1.54) is 4.90 Å². The van der Waals surface area contributed by atoms with Crippen LogP contribution in [0.4, 0.5) is 8.78 Å². The molecule has 3 fully saturated rings. The molecule has 1 heterocycles. The Balaban J connectivity index is 1.37. The fourth-order valence-corrected chi connectivity index (χ4v) is 4.99. The third kappa shape index (κ3) is 2.74. The molecule has 1 spiro atoms. The van der Waals surface area contributed by atoms with Gasteiger partial charge < -0.3 is 15.3 Å². The monoisotopic (exact) mass is 390 g/mol. The van der Waals surface area contributed by atoms with Crippen LogP contribution in [0.15, 0.2) is 12.1 Å². The minimum absolute atomic E-state index is 0.0286. The van der Waals surface area contributed by atoms with Gasteiger partial charge >= 0.3 is 0 Å². The summed E-state index contributed by atoms with van der Waals surface area (Å²) in [6, 6.07) is 3.14. The molecule has 0 saturated heterocycles. The summed E-state index contributed by atoms with van der Waals surface area (Å²) in [6.07, 6.45) is 1.78. The van der Waals surface area contributed by atoms with Crippen LogP contribution in [0.25, 0.3) is 0 Å². The van der Waals surface area contributed by atoms with E-state index in [1.807, 2.05) is 0 Å². The molecule has 150 valence electrons. The second kappa shape index (κ2) is 5.75. The molecule has 1 aromatic rings. The third-order valence-electron chi connectivity index (χ3n) is 6.73. The van der Waals surface area contributed by atoms with Crippen molar-refractivity contribution in [3.05, 3.63) is 34.6 Å². The second-order valence-corrected chi connectivity index (χ2v) is 9.32. The highest BCUT2D eigenvalue weighted by atomic mass is 19.1. The van der Waals surface area contributed by atoms with E-state index in [9.17, 15) is 19.1 Å². The molecule has 28 heavy (non-hydrogen) atoms. The van der Waals surface area contributed by atoms with Crippen LogP contribution in [0.3, 0.4) is 0 Å². The highest BCUT2D eigenvalue weighted by Crippen LogP contribution is 2.56.